The van der Waals surface area contributed by atoms with E-state index in [1.807, 2.05) is 47.4 Å². The lowest BCUT2D eigenvalue weighted by atomic mass is 10.0. The number of rotatable bonds is 4. The molecule has 5 nitrogen and oxygen atoms in total. The Bertz CT molecular complexity index is 806. The molecule has 0 unspecified atom stereocenters. The van der Waals surface area contributed by atoms with E-state index in [9.17, 15) is 9.59 Å². The lowest BCUT2D eigenvalue weighted by Gasteiger charge is -2.31. The van der Waals surface area contributed by atoms with E-state index in [1.165, 1.54) is 5.56 Å². The van der Waals surface area contributed by atoms with Gasteiger partial charge in [0.05, 0.1) is 0 Å². The van der Waals surface area contributed by atoms with Crippen molar-refractivity contribution in [2.24, 2.45) is 0 Å². The molecule has 2 heterocycles. The quantitative estimate of drug-likeness (QED) is 0.857. The summed E-state index contributed by atoms with van der Waals surface area (Å²) in [5.74, 6) is 0.135. The van der Waals surface area contributed by atoms with E-state index in [2.05, 4.69) is 17.4 Å². The molecule has 2 aliphatic rings. The van der Waals surface area contributed by atoms with Gasteiger partial charge < -0.3 is 15.1 Å². The number of hydrogen-bond acceptors (Lipinski definition) is 2. The summed E-state index contributed by atoms with van der Waals surface area (Å²) < 4.78 is 0. The number of anilines is 2. The molecule has 0 radical (unpaired) electrons. The van der Waals surface area contributed by atoms with Gasteiger partial charge in [-0.1, -0.05) is 36.4 Å². The van der Waals surface area contributed by atoms with Crippen LogP contribution in [-0.2, 0) is 11.2 Å². The summed E-state index contributed by atoms with van der Waals surface area (Å²) in [4.78, 5) is 28.1. The van der Waals surface area contributed by atoms with Crippen molar-refractivity contribution in [3.8, 4) is 0 Å². The van der Waals surface area contributed by atoms with Gasteiger partial charge in [-0.3, -0.25) is 4.79 Å². The molecule has 4 rings (SSSR count). The molecule has 0 aromatic heterocycles. The Morgan fingerprint density at radius 3 is 2.65 bits per heavy atom. The van der Waals surface area contributed by atoms with Crippen LogP contribution in [0.3, 0.4) is 0 Å². The lowest BCUT2D eigenvalue weighted by Crippen LogP contribution is -2.43. The van der Waals surface area contributed by atoms with E-state index in [-0.39, 0.29) is 18.0 Å². The summed E-state index contributed by atoms with van der Waals surface area (Å²) in [6, 6.07) is 18.0. The van der Waals surface area contributed by atoms with E-state index in [0.29, 0.717) is 6.42 Å². The third kappa shape index (κ3) is 3.43. The number of carbonyl (C=O) groups excluding carboxylic acids is 2. The normalized spacial score (nSPS) is 19.4. The number of hydrogen-bond donors (Lipinski definition) is 1. The molecular formula is C21H23N3O2. The van der Waals surface area contributed by atoms with E-state index in [0.717, 1.165) is 43.7 Å². The van der Waals surface area contributed by atoms with Crippen molar-refractivity contribution in [2.45, 2.75) is 31.7 Å². The van der Waals surface area contributed by atoms with Crippen molar-refractivity contribution in [2.75, 3.05) is 23.3 Å². The Morgan fingerprint density at radius 1 is 1.08 bits per heavy atom. The van der Waals surface area contributed by atoms with Gasteiger partial charge in [0.15, 0.2) is 0 Å². The third-order valence-corrected chi connectivity index (χ3v) is 5.21. The van der Waals surface area contributed by atoms with Gasteiger partial charge in [-0.05, 0) is 43.0 Å². The standard InChI is InChI=1S/C21H23N3O2/c25-20-11-13-23(20)19-9-4-8-17(15-19)22-21(26)24-12-5-10-18(24)14-16-6-2-1-3-7-16/h1-4,6-9,15,18H,5,10-14H2,(H,22,26)/t18-/m0/s1. The first-order valence-corrected chi connectivity index (χ1v) is 9.23. The zero-order chi connectivity index (χ0) is 17.9. The fourth-order valence-electron chi connectivity index (χ4n) is 3.74. The van der Waals surface area contributed by atoms with Crippen LogP contribution in [0.4, 0.5) is 16.2 Å². The molecule has 0 spiro atoms. The van der Waals surface area contributed by atoms with Crippen LogP contribution in [-0.4, -0.2) is 36.0 Å². The van der Waals surface area contributed by atoms with Crippen molar-refractivity contribution in [3.63, 3.8) is 0 Å². The second-order valence-electron chi connectivity index (χ2n) is 6.96. The first-order chi connectivity index (χ1) is 12.7. The van der Waals surface area contributed by atoms with Crippen LogP contribution >= 0.6 is 0 Å². The SMILES string of the molecule is O=C1CCN1c1cccc(NC(=O)N2CCC[C@H]2Cc2ccccc2)c1. The van der Waals surface area contributed by atoms with Crippen LogP contribution in [0.2, 0.25) is 0 Å². The maximum atomic E-state index is 12.8. The first-order valence-electron chi connectivity index (χ1n) is 9.23. The molecule has 5 heteroatoms. The maximum Gasteiger partial charge on any atom is 0.322 e. The maximum absolute atomic E-state index is 12.8. The number of urea groups is 1. The van der Waals surface area contributed by atoms with Gasteiger partial charge in [-0.15, -0.1) is 0 Å². The van der Waals surface area contributed by atoms with Gasteiger partial charge >= 0.3 is 6.03 Å². The van der Waals surface area contributed by atoms with Crippen LogP contribution in [0, 0.1) is 0 Å². The number of carbonyl (C=O) groups is 2. The van der Waals surface area contributed by atoms with Gasteiger partial charge in [0.1, 0.15) is 0 Å². The summed E-state index contributed by atoms with van der Waals surface area (Å²) in [6.45, 7) is 1.54. The highest BCUT2D eigenvalue weighted by molar-refractivity contribution is 6.00. The largest absolute Gasteiger partial charge is 0.322 e. The molecule has 2 aromatic carbocycles. The Labute approximate surface area is 153 Å². The minimum Gasteiger partial charge on any atom is -0.321 e. The molecule has 26 heavy (non-hydrogen) atoms. The minimum atomic E-state index is -0.0597. The molecule has 2 aromatic rings. The van der Waals surface area contributed by atoms with Crippen molar-refractivity contribution in [3.05, 3.63) is 60.2 Å². The molecular weight excluding hydrogens is 326 g/mol. The molecule has 134 valence electrons. The lowest BCUT2D eigenvalue weighted by molar-refractivity contribution is -0.122. The van der Waals surface area contributed by atoms with Gasteiger partial charge in [-0.25, -0.2) is 4.79 Å². The van der Waals surface area contributed by atoms with E-state index < -0.39 is 0 Å². The van der Waals surface area contributed by atoms with Crippen LogP contribution in [0.15, 0.2) is 54.6 Å². The van der Waals surface area contributed by atoms with Gasteiger partial charge in [0.2, 0.25) is 5.91 Å². The number of amides is 3. The number of nitrogens with zero attached hydrogens (tertiary/aromatic N) is 2. The molecule has 2 fully saturated rings. The summed E-state index contributed by atoms with van der Waals surface area (Å²) in [5, 5.41) is 3.01. The smallest absolute Gasteiger partial charge is 0.321 e. The highest BCUT2D eigenvalue weighted by Crippen LogP contribution is 2.26. The molecule has 0 bridgehead atoms. The van der Waals surface area contributed by atoms with Crippen molar-refractivity contribution < 1.29 is 9.59 Å². The van der Waals surface area contributed by atoms with Crippen LogP contribution in [0.25, 0.3) is 0 Å². The van der Waals surface area contributed by atoms with Crippen LogP contribution in [0.5, 0.6) is 0 Å². The Balaban J connectivity index is 1.42. The second-order valence-corrected chi connectivity index (χ2v) is 6.96. The molecule has 1 N–H and O–H groups in total. The zero-order valence-electron chi connectivity index (χ0n) is 14.7. The molecule has 3 amide bonds. The van der Waals surface area contributed by atoms with Gasteiger partial charge in [-0.2, -0.15) is 0 Å². The van der Waals surface area contributed by atoms with E-state index >= 15 is 0 Å². The van der Waals surface area contributed by atoms with Crippen molar-refractivity contribution in [1.29, 1.82) is 0 Å². The van der Waals surface area contributed by atoms with Crippen molar-refractivity contribution in [1.82, 2.24) is 4.90 Å². The topological polar surface area (TPSA) is 52.7 Å². The summed E-state index contributed by atoms with van der Waals surface area (Å²) in [6.07, 6.45) is 3.56. The summed E-state index contributed by atoms with van der Waals surface area (Å²) in [7, 11) is 0. The van der Waals surface area contributed by atoms with Gasteiger partial charge in [0, 0.05) is 36.9 Å². The average molecular weight is 349 g/mol. The Hall–Kier alpha value is -2.82. The number of likely N-dealkylation sites (tertiary alicyclic amines) is 1. The number of benzene rings is 2. The monoisotopic (exact) mass is 349 g/mol. The van der Waals surface area contributed by atoms with Crippen LogP contribution < -0.4 is 10.2 Å². The average Bonchev–Trinajstić information content (AvgIpc) is 3.10. The molecule has 0 saturated carbocycles. The third-order valence-electron chi connectivity index (χ3n) is 5.21. The number of nitrogens with one attached hydrogen (secondary N) is 1. The first kappa shape index (κ1) is 16.6. The second kappa shape index (κ2) is 7.20. The molecule has 2 saturated heterocycles. The minimum absolute atomic E-state index is 0.0597. The highest BCUT2D eigenvalue weighted by Gasteiger charge is 2.29. The van der Waals surface area contributed by atoms with E-state index in [1.54, 1.807) is 4.90 Å². The van der Waals surface area contributed by atoms with Crippen molar-refractivity contribution >= 4 is 23.3 Å². The highest BCUT2D eigenvalue weighted by atomic mass is 16.2. The number of β-lactam (4-membered cyclic amide) rings is 1. The summed E-state index contributed by atoms with van der Waals surface area (Å²) in [5.41, 5.74) is 2.84. The molecule has 0 aliphatic carbocycles. The molecule has 1 atom stereocenters. The van der Waals surface area contributed by atoms with Gasteiger partial charge in [0.25, 0.3) is 0 Å². The zero-order valence-corrected chi connectivity index (χ0v) is 14.7. The fourth-order valence-corrected chi connectivity index (χ4v) is 3.74. The predicted octanol–water partition coefficient (Wildman–Crippen LogP) is 3.66. The molecule has 2 aliphatic heterocycles. The fraction of sp³-hybridized carbons (Fsp3) is 0.333. The van der Waals surface area contributed by atoms with Crippen LogP contribution in [0.1, 0.15) is 24.8 Å². The summed E-state index contributed by atoms with van der Waals surface area (Å²) >= 11 is 0. The Kier molecular flexibility index (Phi) is 4.61. The van der Waals surface area contributed by atoms with E-state index in [4.69, 9.17) is 0 Å². The predicted molar refractivity (Wildman–Crippen MR) is 102 cm³/mol. The Morgan fingerprint density at radius 2 is 1.92 bits per heavy atom.